The molecule has 4 aromatic rings. The van der Waals surface area contributed by atoms with Crippen LogP contribution in [-0.2, 0) is 11.3 Å². The number of amides is 2. The molecule has 31 heavy (non-hydrogen) atoms. The number of rotatable bonds is 4. The number of likely N-dealkylation sites (tertiary alicyclic amines) is 1. The molecule has 9 nitrogen and oxygen atoms in total. The summed E-state index contributed by atoms with van der Waals surface area (Å²) in [5.41, 5.74) is 2.52. The lowest BCUT2D eigenvalue weighted by Crippen LogP contribution is -2.39. The number of aromatic nitrogens is 3. The summed E-state index contributed by atoms with van der Waals surface area (Å²) >= 11 is 0. The fraction of sp³-hybridized carbons (Fsp3) is 0.273. The summed E-state index contributed by atoms with van der Waals surface area (Å²) in [5.74, 6) is -1.03. The van der Waals surface area contributed by atoms with Crippen molar-refractivity contribution in [1.29, 1.82) is 0 Å². The monoisotopic (exact) mass is 419 g/mol. The first-order valence-electron chi connectivity index (χ1n) is 10.3. The van der Waals surface area contributed by atoms with Crippen LogP contribution in [0.25, 0.3) is 16.6 Å². The molecule has 1 aromatic carbocycles. The van der Waals surface area contributed by atoms with Gasteiger partial charge in [0.25, 0.3) is 5.91 Å². The van der Waals surface area contributed by atoms with Crippen molar-refractivity contribution in [1.82, 2.24) is 19.1 Å². The van der Waals surface area contributed by atoms with E-state index < -0.39 is 5.76 Å². The number of nitrogens with one attached hydrogen (secondary N) is 1. The van der Waals surface area contributed by atoms with E-state index in [2.05, 4.69) is 10.4 Å². The van der Waals surface area contributed by atoms with Gasteiger partial charge in [-0.3, -0.25) is 14.2 Å². The lowest BCUT2D eigenvalue weighted by atomic mass is 10.1. The van der Waals surface area contributed by atoms with Crippen molar-refractivity contribution >= 4 is 34.1 Å². The van der Waals surface area contributed by atoms with E-state index in [1.165, 1.54) is 4.57 Å². The first-order chi connectivity index (χ1) is 15.1. The Balaban J connectivity index is 1.41. The van der Waals surface area contributed by atoms with Gasteiger partial charge in [0, 0.05) is 25.0 Å². The quantitative estimate of drug-likeness (QED) is 0.548. The molecular weight excluding hydrogens is 398 g/mol. The summed E-state index contributed by atoms with van der Waals surface area (Å²) in [4.78, 5) is 39.6. The highest BCUT2D eigenvalue weighted by Gasteiger charge is 2.20. The van der Waals surface area contributed by atoms with Gasteiger partial charge in [-0.2, -0.15) is 5.10 Å². The van der Waals surface area contributed by atoms with Crippen molar-refractivity contribution in [2.24, 2.45) is 0 Å². The second-order valence-electron chi connectivity index (χ2n) is 7.61. The van der Waals surface area contributed by atoms with Crippen LogP contribution in [0.15, 0.2) is 57.9 Å². The van der Waals surface area contributed by atoms with E-state index >= 15 is 0 Å². The standard InChI is InChI=1S/C22H21N5O4/c28-20(25-11-2-1-3-12-25)14-26-18-13-15(6-9-19(18)31-22(26)30)24-21(29)17-8-7-16-5-4-10-23-27(16)17/h4-10,13H,1-3,11-12,14H2,(H,24,29). The number of fused-ring (bicyclic) bond motifs is 2. The van der Waals surface area contributed by atoms with Crippen LogP contribution in [0.5, 0.6) is 0 Å². The lowest BCUT2D eigenvalue weighted by Gasteiger charge is -2.26. The van der Waals surface area contributed by atoms with E-state index in [-0.39, 0.29) is 18.4 Å². The molecule has 1 fully saturated rings. The number of anilines is 1. The molecule has 0 unspecified atom stereocenters. The molecule has 1 aliphatic heterocycles. The second kappa shape index (κ2) is 7.75. The molecule has 1 N–H and O–H groups in total. The van der Waals surface area contributed by atoms with Crippen LogP contribution in [0.1, 0.15) is 29.8 Å². The molecule has 5 rings (SSSR count). The first-order valence-corrected chi connectivity index (χ1v) is 10.3. The summed E-state index contributed by atoms with van der Waals surface area (Å²) in [7, 11) is 0. The molecule has 0 spiro atoms. The summed E-state index contributed by atoms with van der Waals surface area (Å²) in [6, 6.07) is 12.1. The molecule has 0 atom stereocenters. The average Bonchev–Trinajstić information content (AvgIpc) is 3.35. The molecule has 0 bridgehead atoms. The molecule has 9 heteroatoms. The van der Waals surface area contributed by atoms with Crippen LogP contribution in [0.2, 0.25) is 0 Å². The van der Waals surface area contributed by atoms with E-state index in [4.69, 9.17) is 4.42 Å². The van der Waals surface area contributed by atoms with Gasteiger partial charge in [-0.25, -0.2) is 9.31 Å². The third kappa shape index (κ3) is 3.58. The minimum absolute atomic E-state index is 0.0868. The lowest BCUT2D eigenvalue weighted by molar-refractivity contribution is -0.132. The topological polar surface area (TPSA) is 102 Å². The Hall–Kier alpha value is -3.88. The van der Waals surface area contributed by atoms with Gasteiger partial charge in [0.1, 0.15) is 12.2 Å². The van der Waals surface area contributed by atoms with Gasteiger partial charge < -0.3 is 14.6 Å². The van der Waals surface area contributed by atoms with Crippen molar-refractivity contribution in [3.05, 3.63) is 64.9 Å². The molecule has 1 aliphatic rings. The number of hydrogen-bond donors (Lipinski definition) is 1. The molecule has 1 saturated heterocycles. The molecule has 4 heterocycles. The summed E-state index contributed by atoms with van der Waals surface area (Å²) < 4.78 is 8.16. The van der Waals surface area contributed by atoms with Gasteiger partial charge in [0.15, 0.2) is 5.58 Å². The molecule has 0 radical (unpaired) electrons. The number of nitrogens with zero attached hydrogens (tertiary/aromatic N) is 4. The van der Waals surface area contributed by atoms with Gasteiger partial charge in [-0.15, -0.1) is 0 Å². The van der Waals surface area contributed by atoms with Crippen molar-refractivity contribution in [2.45, 2.75) is 25.8 Å². The summed E-state index contributed by atoms with van der Waals surface area (Å²) in [6.45, 7) is 1.34. The number of carbonyl (C=O) groups excluding carboxylic acids is 2. The normalized spacial score (nSPS) is 14.3. The predicted molar refractivity (Wildman–Crippen MR) is 114 cm³/mol. The van der Waals surface area contributed by atoms with Crippen molar-refractivity contribution < 1.29 is 14.0 Å². The Bertz CT molecular complexity index is 1340. The Morgan fingerprint density at radius 3 is 2.74 bits per heavy atom. The number of hydrogen-bond acceptors (Lipinski definition) is 5. The highest BCUT2D eigenvalue weighted by molar-refractivity contribution is 6.04. The van der Waals surface area contributed by atoms with E-state index in [9.17, 15) is 14.4 Å². The highest BCUT2D eigenvalue weighted by Crippen LogP contribution is 2.20. The van der Waals surface area contributed by atoms with Crippen LogP contribution in [0.3, 0.4) is 0 Å². The molecule has 2 amide bonds. The minimum atomic E-state index is -0.592. The third-order valence-electron chi connectivity index (χ3n) is 5.58. The van der Waals surface area contributed by atoms with Crippen LogP contribution in [-0.4, -0.2) is 44.0 Å². The number of oxazole rings is 1. The van der Waals surface area contributed by atoms with Gasteiger partial charge in [-0.05, 0) is 61.7 Å². The fourth-order valence-electron chi connectivity index (χ4n) is 3.98. The van der Waals surface area contributed by atoms with E-state index in [1.807, 2.05) is 12.1 Å². The highest BCUT2D eigenvalue weighted by atomic mass is 16.4. The Morgan fingerprint density at radius 1 is 1.06 bits per heavy atom. The van der Waals surface area contributed by atoms with Crippen molar-refractivity contribution in [3.63, 3.8) is 0 Å². The summed E-state index contributed by atoms with van der Waals surface area (Å²) in [6.07, 6.45) is 4.69. The van der Waals surface area contributed by atoms with Crippen molar-refractivity contribution in [2.75, 3.05) is 18.4 Å². The van der Waals surface area contributed by atoms with Gasteiger partial charge in [-0.1, -0.05) is 0 Å². The number of benzene rings is 1. The van der Waals surface area contributed by atoms with Crippen LogP contribution in [0.4, 0.5) is 5.69 Å². The van der Waals surface area contributed by atoms with Gasteiger partial charge in [0.2, 0.25) is 5.91 Å². The zero-order valence-electron chi connectivity index (χ0n) is 16.8. The average molecular weight is 419 g/mol. The third-order valence-corrected chi connectivity index (χ3v) is 5.58. The van der Waals surface area contributed by atoms with Crippen LogP contribution < -0.4 is 11.1 Å². The maximum Gasteiger partial charge on any atom is 0.420 e. The van der Waals surface area contributed by atoms with Crippen LogP contribution >= 0.6 is 0 Å². The SMILES string of the molecule is O=C(Nc1ccc2oc(=O)n(CC(=O)N3CCCCC3)c2c1)c1ccc2cccnn12. The molecule has 0 aliphatic carbocycles. The van der Waals surface area contributed by atoms with E-state index in [1.54, 1.807) is 45.9 Å². The minimum Gasteiger partial charge on any atom is -0.408 e. The first kappa shape index (κ1) is 19.1. The zero-order valence-corrected chi connectivity index (χ0v) is 16.8. The Morgan fingerprint density at radius 2 is 1.90 bits per heavy atom. The van der Waals surface area contributed by atoms with Crippen molar-refractivity contribution in [3.8, 4) is 0 Å². The number of piperidine rings is 1. The molecular formula is C22H21N5O4. The maximum absolute atomic E-state index is 12.8. The van der Waals surface area contributed by atoms with E-state index in [0.717, 1.165) is 24.8 Å². The largest absolute Gasteiger partial charge is 0.420 e. The molecule has 158 valence electrons. The van der Waals surface area contributed by atoms with E-state index in [0.29, 0.717) is 35.6 Å². The molecule has 0 saturated carbocycles. The summed E-state index contributed by atoms with van der Waals surface area (Å²) in [5, 5.41) is 7.03. The van der Waals surface area contributed by atoms with Gasteiger partial charge in [0.05, 0.1) is 11.0 Å². The Labute approximate surface area is 176 Å². The second-order valence-corrected chi connectivity index (χ2v) is 7.61. The predicted octanol–water partition coefficient (Wildman–Crippen LogP) is 2.51. The zero-order chi connectivity index (χ0) is 21.4. The smallest absolute Gasteiger partial charge is 0.408 e. The fourth-order valence-corrected chi connectivity index (χ4v) is 3.98. The Kier molecular flexibility index (Phi) is 4.78. The van der Waals surface area contributed by atoms with Gasteiger partial charge >= 0.3 is 5.76 Å². The van der Waals surface area contributed by atoms with Crippen LogP contribution in [0, 0.1) is 0 Å². The maximum atomic E-state index is 12.8. The molecule has 3 aromatic heterocycles. The number of carbonyl (C=O) groups is 2.